The summed E-state index contributed by atoms with van der Waals surface area (Å²) in [4.78, 5) is 13.9. The van der Waals surface area contributed by atoms with Crippen LogP contribution in [-0.2, 0) is 13.1 Å². The average molecular weight is 525 g/mol. The summed E-state index contributed by atoms with van der Waals surface area (Å²) in [5.74, 6) is 1.83. The first-order valence-electron chi connectivity index (χ1n) is 13.9. The molecule has 3 aromatic rings. The van der Waals surface area contributed by atoms with Gasteiger partial charge in [-0.1, -0.05) is 24.3 Å². The molecule has 0 aromatic heterocycles. The smallest absolute Gasteiger partial charge is 0.124 e. The topological polar surface area (TPSA) is 49.7 Å². The van der Waals surface area contributed by atoms with Crippen LogP contribution in [0, 0.1) is 6.92 Å². The van der Waals surface area contributed by atoms with Crippen molar-refractivity contribution in [3.05, 3.63) is 82.4 Å². The zero-order valence-corrected chi connectivity index (χ0v) is 24.0. The van der Waals surface area contributed by atoms with Gasteiger partial charge in [-0.05, 0) is 79.6 Å². The molecular weight excluding hydrogens is 484 g/mol. The minimum Gasteiger partial charge on any atom is -0.496 e. The van der Waals surface area contributed by atoms with Crippen LogP contribution in [0.2, 0.25) is 0 Å². The lowest BCUT2D eigenvalue weighted by molar-refractivity contribution is 0.409. The first kappa shape index (κ1) is 26.8. The van der Waals surface area contributed by atoms with Gasteiger partial charge in [0.1, 0.15) is 11.5 Å². The van der Waals surface area contributed by atoms with Gasteiger partial charge in [0, 0.05) is 74.2 Å². The SMILES string of the molecule is COc1cc(C2=NCCC2)ccc1CN(C)c1cc(C)cc(N(C)Cc2ccc(C3=NCCC3)cc2OC)c1. The summed E-state index contributed by atoms with van der Waals surface area (Å²) in [5, 5.41) is 0. The summed E-state index contributed by atoms with van der Waals surface area (Å²) >= 11 is 0. The van der Waals surface area contributed by atoms with E-state index in [1.807, 2.05) is 0 Å². The van der Waals surface area contributed by atoms with Crippen molar-refractivity contribution in [2.45, 2.75) is 45.7 Å². The number of nitrogens with zero attached hydrogens (tertiary/aromatic N) is 4. The van der Waals surface area contributed by atoms with E-state index in [4.69, 9.17) is 9.47 Å². The van der Waals surface area contributed by atoms with Crippen molar-refractivity contribution >= 4 is 22.8 Å². The zero-order chi connectivity index (χ0) is 27.4. The molecule has 2 aliphatic rings. The number of aliphatic imine (C=N–C) groups is 2. The van der Waals surface area contributed by atoms with Crippen LogP contribution in [-0.4, -0.2) is 52.8 Å². The van der Waals surface area contributed by atoms with E-state index in [-0.39, 0.29) is 0 Å². The van der Waals surface area contributed by atoms with Crippen LogP contribution < -0.4 is 19.3 Å². The molecule has 0 aliphatic carbocycles. The first-order chi connectivity index (χ1) is 18.9. The largest absolute Gasteiger partial charge is 0.496 e. The van der Waals surface area contributed by atoms with Crippen molar-refractivity contribution in [2.24, 2.45) is 9.98 Å². The maximum absolute atomic E-state index is 5.79. The van der Waals surface area contributed by atoms with E-state index in [0.29, 0.717) is 0 Å². The normalized spacial score (nSPS) is 14.7. The molecule has 6 nitrogen and oxygen atoms in total. The number of anilines is 2. The van der Waals surface area contributed by atoms with Gasteiger partial charge in [-0.25, -0.2) is 0 Å². The Bertz CT molecular complexity index is 1290. The van der Waals surface area contributed by atoms with Gasteiger partial charge >= 0.3 is 0 Å². The Hall–Kier alpha value is -3.80. The van der Waals surface area contributed by atoms with E-state index in [0.717, 1.165) is 74.5 Å². The summed E-state index contributed by atoms with van der Waals surface area (Å²) < 4.78 is 11.6. The van der Waals surface area contributed by atoms with Crippen LogP contribution in [0.1, 0.15) is 53.5 Å². The Morgan fingerprint density at radius 1 is 0.667 bits per heavy atom. The number of benzene rings is 3. The molecule has 6 heteroatoms. The van der Waals surface area contributed by atoms with Crippen LogP contribution in [0.4, 0.5) is 11.4 Å². The van der Waals surface area contributed by atoms with Gasteiger partial charge < -0.3 is 19.3 Å². The van der Waals surface area contributed by atoms with Crippen LogP contribution in [0.3, 0.4) is 0 Å². The van der Waals surface area contributed by atoms with E-state index in [2.05, 4.69) is 95.4 Å². The van der Waals surface area contributed by atoms with Gasteiger partial charge in [0.05, 0.1) is 14.2 Å². The second-order valence-corrected chi connectivity index (χ2v) is 10.7. The lowest BCUT2D eigenvalue weighted by atomic mass is 10.0. The average Bonchev–Trinajstić information content (AvgIpc) is 3.68. The van der Waals surface area contributed by atoms with Crippen molar-refractivity contribution in [1.29, 1.82) is 0 Å². The molecule has 0 saturated carbocycles. The van der Waals surface area contributed by atoms with Crippen molar-refractivity contribution in [3.63, 3.8) is 0 Å². The molecule has 0 bridgehead atoms. The van der Waals surface area contributed by atoms with Crippen molar-refractivity contribution < 1.29 is 9.47 Å². The Balaban J connectivity index is 1.32. The maximum Gasteiger partial charge on any atom is 0.124 e. The highest BCUT2D eigenvalue weighted by molar-refractivity contribution is 6.02. The molecule has 3 aromatic carbocycles. The molecule has 0 spiro atoms. The summed E-state index contributed by atoms with van der Waals surface area (Å²) in [6.07, 6.45) is 4.38. The highest BCUT2D eigenvalue weighted by atomic mass is 16.5. The molecule has 0 unspecified atom stereocenters. The van der Waals surface area contributed by atoms with Crippen molar-refractivity contribution in [3.8, 4) is 11.5 Å². The molecule has 0 N–H and O–H groups in total. The molecule has 39 heavy (non-hydrogen) atoms. The Morgan fingerprint density at radius 2 is 1.13 bits per heavy atom. The predicted molar refractivity (Wildman–Crippen MR) is 163 cm³/mol. The Kier molecular flexibility index (Phi) is 8.20. The number of aryl methyl sites for hydroxylation is 1. The van der Waals surface area contributed by atoms with Crippen LogP contribution >= 0.6 is 0 Å². The van der Waals surface area contributed by atoms with Crippen LogP contribution in [0.15, 0.2) is 64.6 Å². The van der Waals surface area contributed by atoms with Gasteiger partial charge in [-0.15, -0.1) is 0 Å². The van der Waals surface area contributed by atoms with Gasteiger partial charge in [0.15, 0.2) is 0 Å². The number of methoxy groups -OCH3 is 2. The molecule has 0 atom stereocenters. The molecule has 0 radical (unpaired) electrons. The quantitative estimate of drug-likeness (QED) is 0.306. The molecular formula is C33H40N4O2. The summed E-state index contributed by atoms with van der Waals surface area (Å²) in [6, 6.07) is 19.7. The lowest BCUT2D eigenvalue weighted by Crippen LogP contribution is -2.20. The second-order valence-electron chi connectivity index (χ2n) is 10.7. The predicted octanol–water partition coefficient (Wildman–Crippen LogP) is 6.45. The highest BCUT2D eigenvalue weighted by Crippen LogP contribution is 2.31. The summed E-state index contributed by atoms with van der Waals surface area (Å²) in [6.45, 7) is 5.52. The van der Waals surface area contributed by atoms with Crippen LogP contribution in [0.25, 0.3) is 0 Å². The third kappa shape index (κ3) is 6.11. The monoisotopic (exact) mass is 524 g/mol. The Morgan fingerprint density at radius 3 is 1.51 bits per heavy atom. The number of hydrogen-bond acceptors (Lipinski definition) is 6. The van der Waals surface area contributed by atoms with Gasteiger partial charge in [-0.3, -0.25) is 9.98 Å². The van der Waals surface area contributed by atoms with E-state index in [1.54, 1.807) is 14.2 Å². The fourth-order valence-corrected chi connectivity index (χ4v) is 5.54. The third-order valence-corrected chi connectivity index (χ3v) is 7.73. The van der Waals surface area contributed by atoms with Crippen molar-refractivity contribution in [2.75, 3.05) is 51.2 Å². The standard InChI is InChI=1S/C33H40N4O2/c1-23-16-28(36(2)21-26-12-10-24(18-32(26)38-4)30-8-6-14-34-30)20-29(17-23)37(3)22-27-13-11-25(19-33(27)39-5)31-9-7-15-35-31/h10-13,16-20H,6-9,14-15,21-22H2,1-5H3. The van der Waals surface area contributed by atoms with E-state index >= 15 is 0 Å². The Labute approximate surface area is 233 Å². The first-order valence-corrected chi connectivity index (χ1v) is 13.9. The number of ether oxygens (including phenoxy) is 2. The molecule has 204 valence electrons. The third-order valence-electron chi connectivity index (χ3n) is 7.73. The van der Waals surface area contributed by atoms with E-state index < -0.39 is 0 Å². The van der Waals surface area contributed by atoms with Gasteiger partial charge in [0.25, 0.3) is 0 Å². The number of rotatable bonds is 10. The molecule has 0 saturated heterocycles. The second kappa shape index (κ2) is 11.9. The van der Waals surface area contributed by atoms with Gasteiger partial charge in [-0.2, -0.15) is 0 Å². The lowest BCUT2D eigenvalue weighted by Gasteiger charge is -2.26. The zero-order valence-electron chi connectivity index (χ0n) is 24.0. The molecule has 2 heterocycles. The fourth-order valence-electron chi connectivity index (χ4n) is 5.54. The molecule has 0 fully saturated rings. The highest BCUT2D eigenvalue weighted by Gasteiger charge is 2.16. The van der Waals surface area contributed by atoms with Crippen molar-refractivity contribution in [1.82, 2.24) is 0 Å². The molecule has 5 rings (SSSR count). The molecule has 2 aliphatic heterocycles. The maximum atomic E-state index is 5.79. The molecule has 0 amide bonds. The van der Waals surface area contributed by atoms with Gasteiger partial charge in [0.2, 0.25) is 0 Å². The number of hydrogen-bond donors (Lipinski definition) is 0. The fraction of sp³-hybridized carbons (Fsp3) is 0.394. The minimum absolute atomic E-state index is 0.752. The summed E-state index contributed by atoms with van der Waals surface area (Å²) in [5.41, 5.74) is 10.6. The van der Waals surface area contributed by atoms with E-state index in [1.165, 1.54) is 39.5 Å². The summed E-state index contributed by atoms with van der Waals surface area (Å²) in [7, 11) is 7.78. The van der Waals surface area contributed by atoms with Crippen LogP contribution in [0.5, 0.6) is 11.5 Å². The van der Waals surface area contributed by atoms with E-state index in [9.17, 15) is 0 Å². The minimum atomic E-state index is 0.752.